The van der Waals surface area contributed by atoms with Gasteiger partial charge < -0.3 is 0 Å². The fourth-order valence-electron chi connectivity index (χ4n) is 2.43. The highest BCUT2D eigenvalue weighted by Crippen LogP contribution is 2.29. The van der Waals surface area contributed by atoms with Crippen LogP contribution in [0.15, 0.2) is 41.4 Å². The van der Waals surface area contributed by atoms with Crippen LogP contribution in [0.4, 0.5) is 5.69 Å². The van der Waals surface area contributed by atoms with Gasteiger partial charge in [0, 0.05) is 18.5 Å². The number of anilines is 1. The molecule has 0 radical (unpaired) electrons. The highest BCUT2D eigenvalue weighted by atomic mass is 16.1. The lowest BCUT2D eigenvalue weighted by atomic mass is 10.2. The summed E-state index contributed by atoms with van der Waals surface area (Å²) in [6, 6.07) is 3.79. The molecule has 0 saturated heterocycles. The minimum absolute atomic E-state index is 0.0842. The molecule has 2 aliphatic heterocycles. The van der Waals surface area contributed by atoms with Crippen LogP contribution in [0.1, 0.15) is 20.3 Å². The quantitative estimate of drug-likeness (QED) is 0.835. The maximum Gasteiger partial charge on any atom is 0.179 e. The van der Waals surface area contributed by atoms with E-state index in [0.29, 0.717) is 6.54 Å². The molecule has 104 valence electrons. The van der Waals surface area contributed by atoms with Crippen LogP contribution in [0.2, 0.25) is 0 Å². The fraction of sp³-hybridized carbons (Fsp3) is 0.357. The molecule has 0 spiro atoms. The lowest BCUT2D eigenvalue weighted by molar-refractivity contribution is -0.116. The maximum atomic E-state index is 12.0. The number of nitrogens with zero attached hydrogens (tertiary/aromatic N) is 5. The molecule has 1 aromatic rings. The predicted molar refractivity (Wildman–Crippen MR) is 76.6 cm³/mol. The van der Waals surface area contributed by atoms with Gasteiger partial charge >= 0.3 is 0 Å². The summed E-state index contributed by atoms with van der Waals surface area (Å²) >= 11 is 0. The van der Waals surface area contributed by atoms with E-state index < -0.39 is 0 Å². The lowest BCUT2D eigenvalue weighted by Gasteiger charge is -2.41. The summed E-state index contributed by atoms with van der Waals surface area (Å²) in [6.07, 6.45) is 6.11. The Morgan fingerprint density at radius 3 is 2.75 bits per heavy atom. The molecular weight excluding hydrogens is 254 g/mol. The van der Waals surface area contributed by atoms with E-state index in [0.717, 1.165) is 30.1 Å². The van der Waals surface area contributed by atoms with Gasteiger partial charge in [-0.1, -0.05) is 6.92 Å². The molecule has 0 aliphatic carbocycles. The number of allylic oxidation sites excluding steroid dienone is 1. The van der Waals surface area contributed by atoms with Gasteiger partial charge in [-0.25, -0.2) is 0 Å². The summed E-state index contributed by atoms with van der Waals surface area (Å²) in [4.78, 5) is 16.0. The average molecular weight is 271 g/mol. The zero-order valence-electron chi connectivity index (χ0n) is 11.7. The molecule has 6 nitrogen and oxygen atoms in total. The van der Waals surface area contributed by atoms with E-state index >= 15 is 0 Å². The summed E-state index contributed by atoms with van der Waals surface area (Å²) in [7, 11) is 0. The van der Waals surface area contributed by atoms with Crippen molar-refractivity contribution in [3.63, 3.8) is 0 Å². The van der Waals surface area contributed by atoms with Crippen molar-refractivity contribution in [1.29, 1.82) is 0 Å². The lowest BCUT2D eigenvalue weighted by Crippen LogP contribution is -2.53. The van der Waals surface area contributed by atoms with E-state index in [1.807, 2.05) is 34.3 Å². The standard InChI is InChI=1S/C14H17N5O/c1-3-8-18-16-11(2)14-9-13(20)10-17(19(14)18)12-4-6-15-7-5-12/h4-7,9H,3,8,10H2,1-2H3. The van der Waals surface area contributed by atoms with Crippen molar-refractivity contribution in [2.75, 3.05) is 18.1 Å². The Hall–Kier alpha value is -2.37. The predicted octanol–water partition coefficient (Wildman–Crippen LogP) is 1.59. The third-order valence-corrected chi connectivity index (χ3v) is 3.29. The van der Waals surface area contributed by atoms with Crippen LogP contribution in [0.3, 0.4) is 0 Å². The average Bonchev–Trinajstić information content (AvgIpc) is 2.76. The van der Waals surface area contributed by atoms with Crippen molar-refractivity contribution < 1.29 is 4.79 Å². The molecule has 0 atom stereocenters. The molecule has 0 N–H and O–H groups in total. The molecule has 1 aromatic heterocycles. The number of pyridine rings is 1. The Morgan fingerprint density at radius 1 is 1.30 bits per heavy atom. The summed E-state index contributed by atoms with van der Waals surface area (Å²) in [5, 5.41) is 10.4. The number of hydrazine groups is 2. The molecule has 0 saturated carbocycles. The number of hydrogen-bond acceptors (Lipinski definition) is 6. The number of fused-ring (bicyclic) bond motifs is 1. The molecule has 3 rings (SSSR count). The van der Waals surface area contributed by atoms with E-state index in [4.69, 9.17) is 0 Å². The van der Waals surface area contributed by atoms with E-state index in [-0.39, 0.29) is 5.78 Å². The molecule has 0 bridgehead atoms. The van der Waals surface area contributed by atoms with Crippen molar-refractivity contribution >= 4 is 17.2 Å². The van der Waals surface area contributed by atoms with E-state index in [1.165, 1.54) is 0 Å². The van der Waals surface area contributed by atoms with Gasteiger partial charge in [-0.05, 0) is 25.5 Å². The molecule has 6 heteroatoms. The summed E-state index contributed by atoms with van der Waals surface area (Å²) < 4.78 is 0. The molecule has 3 heterocycles. The first kappa shape index (κ1) is 12.7. The number of aromatic nitrogens is 1. The van der Waals surface area contributed by atoms with Gasteiger partial charge in [0.05, 0.1) is 17.9 Å². The first-order valence-electron chi connectivity index (χ1n) is 6.76. The van der Waals surface area contributed by atoms with Crippen LogP contribution < -0.4 is 5.01 Å². The normalized spacial score (nSPS) is 18.1. The minimum Gasteiger partial charge on any atom is -0.293 e. The minimum atomic E-state index is 0.0842. The first-order valence-corrected chi connectivity index (χ1v) is 6.76. The summed E-state index contributed by atoms with van der Waals surface area (Å²) in [5.74, 6) is 0.0842. The largest absolute Gasteiger partial charge is 0.293 e. The number of carbonyl (C=O) groups excluding carboxylic acids is 1. The third-order valence-electron chi connectivity index (χ3n) is 3.29. The van der Waals surface area contributed by atoms with Crippen LogP contribution in [0.5, 0.6) is 0 Å². The van der Waals surface area contributed by atoms with Crippen molar-refractivity contribution in [2.24, 2.45) is 5.10 Å². The molecular formula is C14H17N5O. The zero-order chi connectivity index (χ0) is 14.1. The molecule has 0 amide bonds. The van der Waals surface area contributed by atoms with Gasteiger partial charge in [-0.2, -0.15) is 15.3 Å². The highest BCUT2D eigenvalue weighted by molar-refractivity contribution is 6.07. The van der Waals surface area contributed by atoms with E-state index in [9.17, 15) is 4.79 Å². The van der Waals surface area contributed by atoms with E-state index in [2.05, 4.69) is 17.0 Å². The molecule has 0 unspecified atom stereocenters. The molecule has 0 fully saturated rings. The van der Waals surface area contributed by atoms with Crippen LogP contribution in [0.25, 0.3) is 0 Å². The maximum absolute atomic E-state index is 12.0. The van der Waals surface area contributed by atoms with E-state index in [1.54, 1.807) is 18.5 Å². The van der Waals surface area contributed by atoms with Crippen LogP contribution in [-0.2, 0) is 4.79 Å². The highest BCUT2D eigenvalue weighted by Gasteiger charge is 2.36. The van der Waals surface area contributed by atoms with Gasteiger partial charge in [-0.3, -0.25) is 14.8 Å². The van der Waals surface area contributed by atoms with Crippen LogP contribution >= 0.6 is 0 Å². The Balaban J connectivity index is 2.00. The monoisotopic (exact) mass is 271 g/mol. The molecule has 20 heavy (non-hydrogen) atoms. The SMILES string of the molecule is CCCN1N=C(C)C2=CC(=O)CN(c3ccncc3)N21. The van der Waals surface area contributed by atoms with Crippen molar-refractivity contribution in [3.8, 4) is 0 Å². The van der Waals surface area contributed by atoms with Crippen molar-refractivity contribution in [3.05, 3.63) is 36.3 Å². The van der Waals surface area contributed by atoms with Gasteiger partial charge in [0.2, 0.25) is 0 Å². The number of carbonyl (C=O) groups is 1. The molecule has 0 aromatic carbocycles. The Morgan fingerprint density at radius 2 is 2.05 bits per heavy atom. The topological polar surface area (TPSA) is 52.0 Å². The first-order chi connectivity index (χ1) is 9.70. The van der Waals surface area contributed by atoms with Crippen molar-refractivity contribution in [2.45, 2.75) is 20.3 Å². The number of ketones is 1. The second kappa shape index (κ2) is 4.96. The molecule has 2 aliphatic rings. The Labute approximate surface area is 117 Å². The van der Waals surface area contributed by atoms with Gasteiger partial charge in [0.25, 0.3) is 0 Å². The Kier molecular flexibility index (Phi) is 3.14. The van der Waals surface area contributed by atoms with Gasteiger partial charge in [-0.15, -0.1) is 0 Å². The Bertz CT molecular complexity index is 580. The number of hydrogen-bond donors (Lipinski definition) is 0. The second-order valence-electron chi connectivity index (χ2n) is 4.83. The summed E-state index contributed by atoms with van der Waals surface area (Å²) in [5.41, 5.74) is 2.65. The third kappa shape index (κ3) is 2.03. The van der Waals surface area contributed by atoms with Crippen molar-refractivity contribution in [1.82, 2.24) is 15.2 Å². The van der Waals surface area contributed by atoms with Gasteiger partial charge in [0.1, 0.15) is 12.2 Å². The van der Waals surface area contributed by atoms with Crippen LogP contribution in [-0.4, -0.2) is 39.8 Å². The number of hydrazone groups is 1. The summed E-state index contributed by atoms with van der Waals surface area (Å²) in [6.45, 7) is 5.16. The van der Waals surface area contributed by atoms with Gasteiger partial charge in [0.15, 0.2) is 5.78 Å². The number of rotatable bonds is 3. The van der Waals surface area contributed by atoms with Crippen LogP contribution in [0, 0.1) is 0 Å². The zero-order valence-corrected chi connectivity index (χ0v) is 11.7. The fourth-order valence-corrected chi connectivity index (χ4v) is 2.43. The second-order valence-corrected chi connectivity index (χ2v) is 4.83. The smallest absolute Gasteiger partial charge is 0.179 e.